The van der Waals surface area contributed by atoms with E-state index >= 15 is 0 Å². The van der Waals surface area contributed by atoms with Gasteiger partial charge in [0.1, 0.15) is 5.82 Å². The normalized spacial score (nSPS) is 11.9. The maximum Gasteiger partial charge on any atom is 0.282 e. The van der Waals surface area contributed by atoms with Gasteiger partial charge in [-0.2, -0.15) is 0 Å². The molecule has 0 bridgehead atoms. The van der Waals surface area contributed by atoms with Crippen LogP contribution in [-0.2, 0) is 0 Å². The summed E-state index contributed by atoms with van der Waals surface area (Å²) in [6.07, 6.45) is 0. The van der Waals surface area contributed by atoms with Crippen LogP contribution in [0.15, 0.2) is 42.5 Å². The van der Waals surface area contributed by atoms with Crippen LogP contribution in [0.1, 0.15) is 18.5 Å². The van der Waals surface area contributed by atoms with Crippen molar-refractivity contribution in [2.75, 3.05) is 5.32 Å². The summed E-state index contributed by atoms with van der Waals surface area (Å²) in [5.41, 5.74) is 1.82. The summed E-state index contributed by atoms with van der Waals surface area (Å²) in [6, 6.07) is 11.1. The highest BCUT2D eigenvalue weighted by molar-refractivity contribution is 14.1. The van der Waals surface area contributed by atoms with Gasteiger partial charge in [-0.1, -0.05) is 12.1 Å². The molecule has 0 aromatic heterocycles. The summed E-state index contributed by atoms with van der Waals surface area (Å²) in [5.74, 6) is -0.272. The number of nitrogens with one attached hydrogen (secondary N) is 1. The zero-order chi connectivity index (χ0) is 14.7. The lowest BCUT2D eigenvalue weighted by atomic mass is 10.1. The number of hydrogen-bond donors (Lipinski definition) is 1. The largest absolute Gasteiger partial charge is 0.378 e. The molecule has 0 heterocycles. The average Bonchev–Trinajstić information content (AvgIpc) is 2.39. The molecule has 4 nitrogen and oxygen atoms in total. The molecular formula is C14H12FIN2O2. The van der Waals surface area contributed by atoms with Gasteiger partial charge in [0.05, 0.1) is 8.49 Å². The lowest BCUT2D eigenvalue weighted by Crippen LogP contribution is -2.07. The second-order valence-electron chi connectivity index (χ2n) is 4.34. The monoisotopic (exact) mass is 386 g/mol. The predicted molar refractivity (Wildman–Crippen MR) is 84.3 cm³/mol. The van der Waals surface area contributed by atoms with E-state index in [0.29, 0.717) is 3.57 Å². The summed E-state index contributed by atoms with van der Waals surface area (Å²) in [7, 11) is 0. The molecule has 1 N–H and O–H groups in total. The van der Waals surface area contributed by atoms with Crippen molar-refractivity contribution in [3.05, 3.63) is 67.5 Å². The minimum absolute atomic E-state index is 0.0205. The van der Waals surface area contributed by atoms with Gasteiger partial charge in [0.15, 0.2) is 0 Å². The second kappa shape index (κ2) is 6.17. The fourth-order valence-electron chi connectivity index (χ4n) is 1.83. The molecule has 0 aliphatic rings. The minimum Gasteiger partial charge on any atom is -0.378 e. The zero-order valence-corrected chi connectivity index (χ0v) is 12.8. The third kappa shape index (κ3) is 3.44. The van der Waals surface area contributed by atoms with Gasteiger partial charge in [-0.3, -0.25) is 10.1 Å². The Morgan fingerprint density at radius 1 is 1.25 bits per heavy atom. The zero-order valence-electron chi connectivity index (χ0n) is 10.6. The van der Waals surface area contributed by atoms with E-state index in [2.05, 4.69) is 5.32 Å². The molecule has 2 rings (SSSR count). The minimum atomic E-state index is -0.408. The Morgan fingerprint density at radius 2 is 1.90 bits per heavy atom. The lowest BCUT2D eigenvalue weighted by Gasteiger charge is -2.16. The SMILES string of the molecule is CC(Nc1ccc([N+](=O)[O-])c(I)c1)c1ccc(F)cc1. The summed E-state index contributed by atoms with van der Waals surface area (Å²) < 4.78 is 13.4. The molecule has 6 heteroatoms. The van der Waals surface area contributed by atoms with E-state index in [-0.39, 0.29) is 17.5 Å². The fourth-order valence-corrected chi connectivity index (χ4v) is 2.54. The first-order valence-electron chi connectivity index (χ1n) is 5.93. The van der Waals surface area contributed by atoms with E-state index < -0.39 is 4.92 Å². The van der Waals surface area contributed by atoms with Crippen molar-refractivity contribution in [3.8, 4) is 0 Å². The molecule has 1 unspecified atom stereocenters. The van der Waals surface area contributed by atoms with Crippen LogP contribution in [0.3, 0.4) is 0 Å². The number of hydrogen-bond acceptors (Lipinski definition) is 3. The third-order valence-corrected chi connectivity index (χ3v) is 3.76. The Kier molecular flexibility index (Phi) is 4.53. The van der Waals surface area contributed by atoms with Crippen molar-refractivity contribution in [1.82, 2.24) is 0 Å². The number of nitrogens with zero attached hydrogens (tertiary/aromatic N) is 1. The Hall–Kier alpha value is -1.70. The van der Waals surface area contributed by atoms with Gasteiger partial charge < -0.3 is 5.32 Å². The van der Waals surface area contributed by atoms with E-state index in [1.54, 1.807) is 24.3 Å². The van der Waals surface area contributed by atoms with Crippen molar-refractivity contribution in [3.63, 3.8) is 0 Å². The van der Waals surface area contributed by atoms with Crippen LogP contribution in [0.4, 0.5) is 15.8 Å². The highest BCUT2D eigenvalue weighted by Crippen LogP contribution is 2.26. The smallest absolute Gasteiger partial charge is 0.282 e. The van der Waals surface area contributed by atoms with Crippen LogP contribution < -0.4 is 5.32 Å². The van der Waals surface area contributed by atoms with E-state index in [1.165, 1.54) is 18.2 Å². The molecule has 2 aromatic rings. The first kappa shape index (κ1) is 14.7. The van der Waals surface area contributed by atoms with Crippen LogP contribution >= 0.6 is 22.6 Å². The van der Waals surface area contributed by atoms with Crippen molar-refractivity contribution in [2.45, 2.75) is 13.0 Å². The fraction of sp³-hybridized carbons (Fsp3) is 0.143. The van der Waals surface area contributed by atoms with Crippen molar-refractivity contribution in [1.29, 1.82) is 0 Å². The summed E-state index contributed by atoms with van der Waals surface area (Å²) in [4.78, 5) is 10.3. The molecule has 20 heavy (non-hydrogen) atoms. The van der Waals surface area contributed by atoms with Crippen molar-refractivity contribution >= 4 is 34.0 Å². The molecule has 0 saturated carbocycles. The molecular weight excluding hydrogens is 374 g/mol. The maximum absolute atomic E-state index is 12.9. The number of halogens is 2. The van der Waals surface area contributed by atoms with Crippen LogP contribution in [0.5, 0.6) is 0 Å². The molecule has 0 fully saturated rings. The molecule has 1 atom stereocenters. The van der Waals surface area contributed by atoms with Crippen LogP contribution in [-0.4, -0.2) is 4.92 Å². The first-order valence-corrected chi connectivity index (χ1v) is 7.01. The molecule has 2 aromatic carbocycles. The molecule has 0 amide bonds. The van der Waals surface area contributed by atoms with E-state index in [4.69, 9.17) is 0 Å². The third-order valence-electron chi connectivity index (χ3n) is 2.90. The van der Waals surface area contributed by atoms with Gasteiger partial charge >= 0.3 is 0 Å². The standard InChI is InChI=1S/C14H12FIN2O2/c1-9(10-2-4-11(15)5-3-10)17-12-6-7-14(18(19)20)13(16)8-12/h2-9,17H,1H3. The van der Waals surface area contributed by atoms with E-state index in [1.807, 2.05) is 29.5 Å². The summed E-state index contributed by atoms with van der Waals surface area (Å²) >= 11 is 1.94. The highest BCUT2D eigenvalue weighted by atomic mass is 127. The van der Waals surface area contributed by atoms with Gasteiger partial charge in [-0.15, -0.1) is 0 Å². The van der Waals surface area contributed by atoms with Gasteiger partial charge in [0.2, 0.25) is 0 Å². The topological polar surface area (TPSA) is 55.2 Å². The summed E-state index contributed by atoms with van der Waals surface area (Å²) in [5, 5.41) is 14.0. The highest BCUT2D eigenvalue weighted by Gasteiger charge is 2.13. The molecule has 0 aliphatic heterocycles. The van der Waals surface area contributed by atoms with Crippen molar-refractivity contribution < 1.29 is 9.31 Å². The molecule has 0 aliphatic carbocycles. The molecule has 0 spiro atoms. The first-order chi connectivity index (χ1) is 9.47. The second-order valence-corrected chi connectivity index (χ2v) is 5.50. The Bertz CT molecular complexity index is 632. The van der Waals surface area contributed by atoms with Gasteiger partial charge in [-0.05, 0) is 59.3 Å². The molecule has 0 saturated heterocycles. The van der Waals surface area contributed by atoms with Crippen LogP contribution in [0.25, 0.3) is 0 Å². The number of benzene rings is 2. The van der Waals surface area contributed by atoms with Crippen molar-refractivity contribution in [2.24, 2.45) is 0 Å². The number of nitro benzene ring substituents is 1. The predicted octanol–water partition coefficient (Wildman–Crippen LogP) is 4.51. The van der Waals surface area contributed by atoms with Gasteiger partial charge in [0, 0.05) is 17.8 Å². The van der Waals surface area contributed by atoms with Crippen LogP contribution in [0, 0.1) is 19.5 Å². The van der Waals surface area contributed by atoms with E-state index in [0.717, 1.165) is 11.3 Å². The number of anilines is 1. The molecule has 0 radical (unpaired) electrons. The van der Waals surface area contributed by atoms with Gasteiger partial charge in [0.25, 0.3) is 5.69 Å². The van der Waals surface area contributed by atoms with Crippen LogP contribution in [0.2, 0.25) is 0 Å². The van der Waals surface area contributed by atoms with Gasteiger partial charge in [-0.25, -0.2) is 4.39 Å². The number of nitro groups is 1. The maximum atomic E-state index is 12.9. The Balaban J connectivity index is 2.15. The number of rotatable bonds is 4. The average molecular weight is 386 g/mol. The Labute approximate surface area is 129 Å². The van der Waals surface area contributed by atoms with E-state index in [9.17, 15) is 14.5 Å². The quantitative estimate of drug-likeness (QED) is 0.478. The molecule has 104 valence electrons. The summed E-state index contributed by atoms with van der Waals surface area (Å²) in [6.45, 7) is 1.95. The lowest BCUT2D eigenvalue weighted by molar-refractivity contribution is -0.385. The Morgan fingerprint density at radius 3 is 2.45 bits per heavy atom.